The van der Waals surface area contributed by atoms with E-state index in [0.717, 1.165) is 45.2 Å². The van der Waals surface area contributed by atoms with E-state index in [0.29, 0.717) is 13.0 Å². The fourth-order valence-electron chi connectivity index (χ4n) is 2.78. The summed E-state index contributed by atoms with van der Waals surface area (Å²) >= 11 is 0. The lowest BCUT2D eigenvalue weighted by molar-refractivity contribution is -0.131. The summed E-state index contributed by atoms with van der Waals surface area (Å²) in [5.41, 5.74) is 1.23. The Morgan fingerprint density at radius 3 is 2.25 bits per heavy atom. The number of hydrogen-bond donors (Lipinski definition) is 2. The molecule has 0 saturated carbocycles. The van der Waals surface area contributed by atoms with Crippen molar-refractivity contribution >= 4 is 17.6 Å². The lowest BCUT2D eigenvalue weighted by Gasteiger charge is -2.36. The fourth-order valence-corrected chi connectivity index (χ4v) is 2.78. The molecule has 0 unspecified atom stereocenters. The summed E-state index contributed by atoms with van der Waals surface area (Å²) < 4.78 is 0. The van der Waals surface area contributed by atoms with Crippen molar-refractivity contribution in [2.24, 2.45) is 4.99 Å². The third kappa shape index (κ3) is 5.44. The minimum absolute atomic E-state index is 0.193. The van der Waals surface area contributed by atoms with Crippen LogP contribution in [0.2, 0.25) is 0 Å². The first-order valence-corrected chi connectivity index (χ1v) is 8.84. The number of anilines is 1. The number of benzene rings is 1. The van der Waals surface area contributed by atoms with Crippen LogP contribution in [0.25, 0.3) is 0 Å². The first kappa shape index (κ1) is 18.1. The van der Waals surface area contributed by atoms with Crippen molar-refractivity contribution in [3.8, 4) is 0 Å². The molecule has 1 saturated heterocycles. The Balaban J connectivity index is 1.75. The summed E-state index contributed by atoms with van der Waals surface area (Å²) in [5, 5.41) is 6.34. The predicted molar refractivity (Wildman–Crippen MR) is 99.5 cm³/mol. The molecule has 0 bridgehead atoms. The van der Waals surface area contributed by atoms with Crippen LogP contribution in [0.5, 0.6) is 0 Å². The van der Waals surface area contributed by atoms with Crippen molar-refractivity contribution in [1.82, 2.24) is 15.5 Å². The molecule has 0 spiro atoms. The molecule has 0 aliphatic carbocycles. The fraction of sp³-hybridized carbons (Fsp3) is 0.556. The molecule has 0 aromatic heterocycles. The van der Waals surface area contributed by atoms with Gasteiger partial charge in [-0.1, -0.05) is 18.2 Å². The zero-order valence-electron chi connectivity index (χ0n) is 14.8. The smallest absolute Gasteiger partial charge is 0.224 e. The van der Waals surface area contributed by atoms with Crippen LogP contribution in [0.15, 0.2) is 35.3 Å². The van der Waals surface area contributed by atoms with E-state index in [2.05, 4.69) is 44.8 Å². The average Bonchev–Trinajstić information content (AvgIpc) is 2.63. The summed E-state index contributed by atoms with van der Waals surface area (Å²) in [6, 6.07) is 10.4. The van der Waals surface area contributed by atoms with E-state index in [1.165, 1.54) is 5.69 Å². The van der Waals surface area contributed by atoms with Gasteiger partial charge in [0.25, 0.3) is 0 Å². The third-order valence-electron chi connectivity index (χ3n) is 4.04. The standard InChI is InChI=1S/C18H29N5O/c1-3-19-18(20-4-2)21-11-10-17(24)23-14-12-22(13-15-23)16-8-6-5-7-9-16/h5-9H,3-4,10-15H2,1-2H3,(H2,19,20,21). The summed E-state index contributed by atoms with van der Waals surface area (Å²) in [7, 11) is 0. The molecule has 1 aliphatic heterocycles. The maximum absolute atomic E-state index is 12.3. The van der Waals surface area contributed by atoms with Gasteiger partial charge in [0, 0.05) is 51.4 Å². The first-order valence-electron chi connectivity index (χ1n) is 8.84. The summed E-state index contributed by atoms with van der Waals surface area (Å²) in [6.45, 7) is 9.57. The molecular weight excluding hydrogens is 302 g/mol. The van der Waals surface area contributed by atoms with Crippen LogP contribution in [0, 0.1) is 0 Å². The summed E-state index contributed by atoms with van der Waals surface area (Å²) in [5.74, 6) is 0.973. The number of guanidine groups is 1. The number of carbonyl (C=O) groups excluding carboxylic acids is 1. The minimum atomic E-state index is 0.193. The SMILES string of the molecule is CCNC(=NCCC(=O)N1CCN(c2ccccc2)CC1)NCC. The number of piperazine rings is 1. The molecule has 1 amide bonds. The number of para-hydroxylation sites is 1. The molecule has 0 radical (unpaired) electrons. The van der Waals surface area contributed by atoms with Crippen LogP contribution in [0.1, 0.15) is 20.3 Å². The lowest BCUT2D eigenvalue weighted by atomic mass is 10.2. The molecule has 1 heterocycles. The second-order valence-corrected chi connectivity index (χ2v) is 5.74. The van der Waals surface area contributed by atoms with Gasteiger partial charge in [-0.3, -0.25) is 9.79 Å². The largest absolute Gasteiger partial charge is 0.368 e. The number of rotatable bonds is 6. The van der Waals surface area contributed by atoms with E-state index in [-0.39, 0.29) is 5.91 Å². The number of nitrogens with one attached hydrogen (secondary N) is 2. The average molecular weight is 331 g/mol. The second kappa shape index (κ2) is 9.80. The molecule has 6 nitrogen and oxygen atoms in total. The van der Waals surface area contributed by atoms with Gasteiger partial charge in [0.2, 0.25) is 5.91 Å². The van der Waals surface area contributed by atoms with Gasteiger partial charge < -0.3 is 20.4 Å². The van der Waals surface area contributed by atoms with Crippen molar-refractivity contribution < 1.29 is 4.79 Å². The second-order valence-electron chi connectivity index (χ2n) is 5.74. The van der Waals surface area contributed by atoms with E-state index in [9.17, 15) is 4.79 Å². The van der Waals surface area contributed by atoms with E-state index in [1.807, 2.05) is 24.8 Å². The van der Waals surface area contributed by atoms with Crippen LogP contribution >= 0.6 is 0 Å². The van der Waals surface area contributed by atoms with Gasteiger partial charge in [-0.15, -0.1) is 0 Å². The number of nitrogens with zero attached hydrogens (tertiary/aromatic N) is 3. The highest BCUT2D eigenvalue weighted by molar-refractivity contribution is 5.80. The highest BCUT2D eigenvalue weighted by Gasteiger charge is 2.20. The maximum atomic E-state index is 12.3. The van der Waals surface area contributed by atoms with Crippen molar-refractivity contribution in [2.75, 3.05) is 50.7 Å². The van der Waals surface area contributed by atoms with Gasteiger partial charge >= 0.3 is 0 Å². The van der Waals surface area contributed by atoms with Crippen molar-refractivity contribution in [1.29, 1.82) is 0 Å². The normalized spacial score (nSPS) is 14.2. The predicted octanol–water partition coefficient (Wildman–Crippen LogP) is 1.30. The Morgan fingerprint density at radius 2 is 1.67 bits per heavy atom. The molecule has 2 N–H and O–H groups in total. The van der Waals surface area contributed by atoms with Gasteiger partial charge in [0.15, 0.2) is 5.96 Å². The summed E-state index contributed by atoms with van der Waals surface area (Å²) in [6.07, 6.45) is 0.464. The topological polar surface area (TPSA) is 60.0 Å². The van der Waals surface area contributed by atoms with Crippen molar-refractivity contribution in [3.63, 3.8) is 0 Å². The molecule has 2 rings (SSSR count). The lowest BCUT2D eigenvalue weighted by Crippen LogP contribution is -2.49. The molecule has 24 heavy (non-hydrogen) atoms. The van der Waals surface area contributed by atoms with Gasteiger partial charge in [-0.25, -0.2) is 0 Å². The molecule has 0 atom stereocenters. The molecular formula is C18H29N5O. The molecule has 1 aromatic rings. The molecule has 1 aliphatic rings. The van der Waals surface area contributed by atoms with Crippen LogP contribution in [-0.4, -0.2) is 62.6 Å². The van der Waals surface area contributed by atoms with Crippen molar-refractivity contribution in [3.05, 3.63) is 30.3 Å². The van der Waals surface area contributed by atoms with E-state index in [1.54, 1.807) is 0 Å². The highest BCUT2D eigenvalue weighted by Crippen LogP contribution is 2.15. The van der Waals surface area contributed by atoms with Gasteiger partial charge in [-0.2, -0.15) is 0 Å². The number of amides is 1. The Bertz CT molecular complexity index is 515. The molecule has 1 fully saturated rings. The maximum Gasteiger partial charge on any atom is 0.224 e. The Morgan fingerprint density at radius 1 is 1.04 bits per heavy atom. The molecule has 1 aromatic carbocycles. The molecule has 132 valence electrons. The van der Waals surface area contributed by atoms with Crippen LogP contribution in [0.4, 0.5) is 5.69 Å². The summed E-state index contributed by atoms with van der Waals surface area (Å²) in [4.78, 5) is 21.1. The highest BCUT2D eigenvalue weighted by atomic mass is 16.2. The Hall–Kier alpha value is -2.24. The quantitative estimate of drug-likeness (QED) is 0.609. The zero-order chi connectivity index (χ0) is 17.2. The van der Waals surface area contributed by atoms with Gasteiger partial charge in [0.05, 0.1) is 6.54 Å². The van der Waals surface area contributed by atoms with E-state index >= 15 is 0 Å². The monoisotopic (exact) mass is 331 g/mol. The van der Waals surface area contributed by atoms with Gasteiger partial charge in [0.1, 0.15) is 0 Å². The molecule has 6 heteroatoms. The van der Waals surface area contributed by atoms with Crippen LogP contribution < -0.4 is 15.5 Å². The number of hydrogen-bond acceptors (Lipinski definition) is 3. The Kier molecular flexibility index (Phi) is 7.39. The van der Waals surface area contributed by atoms with E-state index in [4.69, 9.17) is 0 Å². The van der Waals surface area contributed by atoms with Crippen molar-refractivity contribution in [2.45, 2.75) is 20.3 Å². The zero-order valence-corrected chi connectivity index (χ0v) is 14.8. The van der Waals surface area contributed by atoms with E-state index < -0.39 is 0 Å². The third-order valence-corrected chi connectivity index (χ3v) is 4.04. The van der Waals surface area contributed by atoms with Crippen LogP contribution in [0.3, 0.4) is 0 Å². The minimum Gasteiger partial charge on any atom is -0.368 e. The van der Waals surface area contributed by atoms with Crippen LogP contribution in [-0.2, 0) is 4.79 Å². The van der Waals surface area contributed by atoms with Gasteiger partial charge in [-0.05, 0) is 26.0 Å². The first-order chi connectivity index (χ1) is 11.7. The number of aliphatic imine (C=N–C) groups is 1. The Labute approximate surface area is 144 Å². The number of carbonyl (C=O) groups is 1.